The molecule has 0 aliphatic carbocycles. The van der Waals surface area contributed by atoms with E-state index in [2.05, 4.69) is 9.80 Å². The van der Waals surface area contributed by atoms with Gasteiger partial charge in [0.1, 0.15) is 0 Å². The molecule has 1 radical (unpaired) electrons. The maximum atomic E-state index is 12.3. The van der Waals surface area contributed by atoms with E-state index in [4.69, 9.17) is 0 Å². The molecule has 0 unspecified atom stereocenters. The highest BCUT2D eigenvalue weighted by molar-refractivity contribution is 4.82. The molecule has 0 spiro atoms. The number of piperazine rings is 2. The second-order valence-corrected chi connectivity index (χ2v) is 6.62. The Hall–Kier alpha value is -0.580. The van der Waals surface area contributed by atoms with Crippen LogP contribution < -0.4 is 0 Å². The molecule has 2 aliphatic heterocycles. The lowest BCUT2D eigenvalue weighted by atomic mass is 10.2. The van der Waals surface area contributed by atoms with Crippen LogP contribution in [0.3, 0.4) is 0 Å². The summed E-state index contributed by atoms with van der Waals surface area (Å²) < 4.78 is 73.7. The first-order valence-corrected chi connectivity index (χ1v) is 8.49. The van der Waals surface area contributed by atoms with Gasteiger partial charge in [-0.3, -0.25) is 14.7 Å². The summed E-state index contributed by atoms with van der Waals surface area (Å²) in [6.07, 6.45) is -9.05. The first-order chi connectivity index (χ1) is 11.6. The molecule has 0 aromatic heterocycles. The van der Waals surface area contributed by atoms with Gasteiger partial charge >= 0.3 is 12.4 Å². The topological polar surface area (TPSA) is 13.0 Å². The molecule has 0 N–H and O–H groups in total. The number of halogens is 6. The van der Waals surface area contributed by atoms with Crippen LogP contribution in [-0.4, -0.2) is 104 Å². The molecule has 2 fully saturated rings. The zero-order chi connectivity index (χ0) is 18.5. The fraction of sp³-hybridized carbons (Fsp3) is 0.933. The SMILES string of the molecule is FC(F)(F)CCN1CCN([CH]CN2CCN(CC(F)(F)F)CC2)CC1. The van der Waals surface area contributed by atoms with Crippen LogP contribution in [0, 0.1) is 6.54 Å². The van der Waals surface area contributed by atoms with Crippen LogP contribution >= 0.6 is 0 Å². The van der Waals surface area contributed by atoms with Crippen molar-refractivity contribution in [2.45, 2.75) is 18.8 Å². The molecule has 10 heteroatoms. The lowest BCUT2D eigenvalue weighted by Gasteiger charge is -2.38. The first kappa shape index (κ1) is 20.7. The molecule has 25 heavy (non-hydrogen) atoms. The van der Waals surface area contributed by atoms with E-state index in [1.807, 2.05) is 11.4 Å². The summed E-state index contributed by atoms with van der Waals surface area (Å²) in [7, 11) is 0. The van der Waals surface area contributed by atoms with Crippen LogP contribution in [0.4, 0.5) is 26.3 Å². The highest BCUT2D eigenvalue weighted by Gasteiger charge is 2.32. The Labute approximate surface area is 144 Å². The monoisotopic (exact) mass is 375 g/mol. The summed E-state index contributed by atoms with van der Waals surface area (Å²) in [5.74, 6) is 0. The molecule has 0 bridgehead atoms. The van der Waals surface area contributed by atoms with Gasteiger partial charge in [-0.25, -0.2) is 0 Å². The number of hydrogen-bond donors (Lipinski definition) is 0. The van der Waals surface area contributed by atoms with Crippen molar-refractivity contribution >= 4 is 0 Å². The Morgan fingerprint density at radius 3 is 1.68 bits per heavy atom. The number of alkyl halides is 6. The smallest absolute Gasteiger partial charge is 0.300 e. The highest BCUT2D eigenvalue weighted by Crippen LogP contribution is 2.20. The molecule has 0 amide bonds. The average molecular weight is 375 g/mol. The van der Waals surface area contributed by atoms with Crippen molar-refractivity contribution in [3.63, 3.8) is 0 Å². The van der Waals surface area contributed by atoms with Crippen LogP contribution in [0.15, 0.2) is 0 Å². The molecular formula is C15H25F6N4. The predicted octanol–water partition coefficient (Wildman–Crippen LogP) is 1.90. The van der Waals surface area contributed by atoms with Crippen LogP contribution in [0.25, 0.3) is 0 Å². The second kappa shape index (κ2) is 8.88. The largest absolute Gasteiger partial charge is 0.401 e. The zero-order valence-electron chi connectivity index (χ0n) is 14.1. The van der Waals surface area contributed by atoms with Gasteiger partial charge < -0.3 is 4.90 Å². The average Bonchev–Trinajstić information content (AvgIpc) is 2.51. The maximum Gasteiger partial charge on any atom is 0.401 e. The molecule has 2 saturated heterocycles. The van der Waals surface area contributed by atoms with Gasteiger partial charge in [0.05, 0.1) is 13.0 Å². The van der Waals surface area contributed by atoms with E-state index in [-0.39, 0.29) is 6.54 Å². The van der Waals surface area contributed by atoms with Crippen molar-refractivity contribution in [1.29, 1.82) is 0 Å². The molecule has 4 nitrogen and oxygen atoms in total. The normalized spacial score (nSPS) is 23.3. The third-order valence-electron chi connectivity index (χ3n) is 4.58. The number of hydrogen-bond acceptors (Lipinski definition) is 4. The summed E-state index contributed by atoms with van der Waals surface area (Å²) in [6.45, 7) is 6.44. The fourth-order valence-electron chi connectivity index (χ4n) is 3.07. The second-order valence-electron chi connectivity index (χ2n) is 6.62. The van der Waals surface area contributed by atoms with E-state index in [1.165, 1.54) is 4.90 Å². The molecule has 2 heterocycles. The van der Waals surface area contributed by atoms with Crippen LogP contribution in [0.2, 0.25) is 0 Å². The van der Waals surface area contributed by atoms with E-state index in [0.29, 0.717) is 58.9 Å². The van der Waals surface area contributed by atoms with E-state index in [9.17, 15) is 26.3 Å². The van der Waals surface area contributed by atoms with E-state index in [1.54, 1.807) is 0 Å². The van der Waals surface area contributed by atoms with Crippen LogP contribution in [-0.2, 0) is 0 Å². The van der Waals surface area contributed by atoms with Crippen molar-refractivity contribution in [3.05, 3.63) is 6.54 Å². The van der Waals surface area contributed by atoms with Crippen LogP contribution in [0.1, 0.15) is 6.42 Å². The van der Waals surface area contributed by atoms with E-state index in [0.717, 1.165) is 0 Å². The molecular weight excluding hydrogens is 350 g/mol. The van der Waals surface area contributed by atoms with Gasteiger partial charge in [0.2, 0.25) is 0 Å². The van der Waals surface area contributed by atoms with Gasteiger partial charge in [-0.1, -0.05) is 0 Å². The standard InChI is InChI=1S/C15H25F6N4/c16-14(17,18)1-2-22-3-5-23(6-4-22)7-8-24-9-11-25(12-10-24)13-15(19,20)21/h7H,1-6,8-13H2. The van der Waals surface area contributed by atoms with Crippen molar-refractivity contribution in [2.75, 3.05) is 72.0 Å². The fourth-order valence-corrected chi connectivity index (χ4v) is 3.07. The summed E-state index contributed by atoms with van der Waals surface area (Å²) >= 11 is 0. The van der Waals surface area contributed by atoms with Crippen molar-refractivity contribution in [1.82, 2.24) is 19.6 Å². The summed E-state index contributed by atoms with van der Waals surface area (Å²) in [4.78, 5) is 7.42. The van der Waals surface area contributed by atoms with Gasteiger partial charge in [-0.2, -0.15) is 26.3 Å². The Kier molecular flexibility index (Phi) is 7.36. The van der Waals surface area contributed by atoms with Gasteiger partial charge in [0, 0.05) is 72.0 Å². The summed E-state index contributed by atoms with van der Waals surface area (Å²) in [6, 6.07) is 0. The summed E-state index contributed by atoms with van der Waals surface area (Å²) in [5.41, 5.74) is 0. The maximum absolute atomic E-state index is 12.3. The minimum atomic E-state index is -4.15. The van der Waals surface area contributed by atoms with Crippen LogP contribution in [0.5, 0.6) is 0 Å². The quantitative estimate of drug-likeness (QED) is 0.658. The Bertz CT molecular complexity index is 384. The molecule has 2 aliphatic rings. The van der Waals surface area contributed by atoms with Gasteiger partial charge in [-0.15, -0.1) is 0 Å². The first-order valence-electron chi connectivity index (χ1n) is 8.49. The Morgan fingerprint density at radius 1 is 0.640 bits per heavy atom. The lowest BCUT2D eigenvalue weighted by molar-refractivity contribution is -0.149. The molecule has 0 atom stereocenters. The molecule has 147 valence electrons. The summed E-state index contributed by atoms with van der Waals surface area (Å²) in [5, 5.41) is 0. The molecule has 2 rings (SSSR count). The third-order valence-corrected chi connectivity index (χ3v) is 4.58. The molecule has 0 aromatic rings. The minimum Gasteiger partial charge on any atom is -0.300 e. The van der Waals surface area contributed by atoms with E-state index >= 15 is 0 Å². The van der Waals surface area contributed by atoms with Crippen molar-refractivity contribution < 1.29 is 26.3 Å². The Morgan fingerprint density at radius 2 is 1.16 bits per heavy atom. The molecule has 0 aromatic carbocycles. The Balaban J connectivity index is 1.56. The predicted molar refractivity (Wildman–Crippen MR) is 81.9 cm³/mol. The van der Waals surface area contributed by atoms with Gasteiger partial charge in [-0.05, 0) is 0 Å². The molecule has 0 saturated carbocycles. The number of rotatable bonds is 6. The van der Waals surface area contributed by atoms with Gasteiger partial charge in [0.25, 0.3) is 0 Å². The van der Waals surface area contributed by atoms with Crippen molar-refractivity contribution in [2.24, 2.45) is 0 Å². The highest BCUT2D eigenvalue weighted by atomic mass is 19.4. The zero-order valence-corrected chi connectivity index (χ0v) is 14.1. The van der Waals surface area contributed by atoms with Gasteiger partial charge in [0.15, 0.2) is 0 Å². The minimum absolute atomic E-state index is 0.0402. The number of nitrogens with zero attached hydrogens (tertiary/aromatic N) is 4. The third kappa shape index (κ3) is 8.57. The van der Waals surface area contributed by atoms with Crippen molar-refractivity contribution in [3.8, 4) is 0 Å². The lowest BCUT2D eigenvalue weighted by Crippen LogP contribution is -2.51. The van der Waals surface area contributed by atoms with E-state index < -0.39 is 25.3 Å².